The minimum Gasteiger partial charge on any atom is -0.349 e. The molecule has 1 aromatic heterocycles. The van der Waals surface area contributed by atoms with Crippen molar-refractivity contribution in [3.8, 4) is 0 Å². The van der Waals surface area contributed by atoms with Crippen molar-refractivity contribution < 1.29 is 4.79 Å². The fourth-order valence-corrected chi connectivity index (χ4v) is 2.91. The topological polar surface area (TPSA) is 46.9 Å². The van der Waals surface area contributed by atoms with Crippen LogP contribution >= 0.6 is 0 Å². The van der Waals surface area contributed by atoms with E-state index >= 15 is 0 Å². The number of hydrogen-bond donors (Lipinski definition) is 1. The Morgan fingerprint density at radius 3 is 2.95 bits per heavy atom. The van der Waals surface area contributed by atoms with E-state index in [1.807, 2.05) is 24.4 Å². The van der Waals surface area contributed by atoms with Gasteiger partial charge >= 0.3 is 0 Å². The Balaban J connectivity index is 1.85. The van der Waals surface area contributed by atoms with Gasteiger partial charge in [0.1, 0.15) is 0 Å². The quantitative estimate of drug-likeness (QED) is 0.930. The van der Waals surface area contributed by atoms with E-state index < -0.39 is 0 Å². The number of amides is 1. The number of hydrogen-bond acceptors (Lipinski definition) is 2. The lowest BCUT2D eigenvalue weighted by atomic mass is 9.93. The van der Waals surface area contributed by atoms with Gasteiger partial charge in [-0.15, -0.1) is 0 Å². The van der Waals surface area contributed by atoms with E-state index in [2.05, 4.69) is 27.2 Å². The molecule has 1 aliphatic carbocycles. The number of aromatic nitrogens is 2. The Hall–Kier alpha value is -2.10. The molecule has 3 rings (SSSR count). The molecule has 0 spiro atoms. The molecule has 0 saturated heterocycles. The minimum atomic E-state index is 0.0265. The molecular weight excluding hydrogens is 250 g/mol. The lowest BCUT2D eigenvalue weighted by molar-refractivity contribution is -0.119. The maximum atomic E-state index is 11.3. The first-order valence-corrected chi connectivity index (χ1v) is 7.09. The standard InChI is InChI=1S/C16H19N3O/c1-12(20)18-15-8-5-9-16-14(15)10-17-19(16)11-13-6-3-2-4-7-13/h2-4,6-7,10,15H,5,8-9,11H2,1H3,(H,18,20). The summed E-state index contributed by atoms with van der Waals surface area (Å²) in [5.41, 5.74) is 3.70. The largest absolute Gasteiger partial charge is 0.349 e. The number of rotatable bonds is 3. The highest BCUT2D eigenvalue weighted by molar-refractivity contribution is 5.73. The van der Waals surface area contributed by atoms with Gasteiger partial charge in [-0.25, -0.2) is 0 Å². The van der Waals surface area contributed by atoms with Crippen LogP contribution in [0, 0.1) is 0 Å². The maximum absolute atomic E-state index is 11.3. The molecule has 1 aromatic carbocycles. The summed E-state index contributed by atoms with van der Waals surface area (Å²) in [6.07, 6.45) is 5.05. The van der Waals surface area contributed by atoms with E-state index in [0.717, 1.165) is 25.8 Å². The molecule has 4 nitrogen and oxygen atoms in total. The third-order valence-electron chi connectivity index (χ3n) is 3.82. The monoisotopic (exact) mass is 269 g/mol. The van der Waals surface area contributed by atoms with Crippen molar-refractivity contribution in [2.75, 3.05) is 0 Å². The summed E-state index contributed by atoms with van der Waals surface area (Å²) >= 11 is 0. The predicted octanol–water partition coefficient (Wildman–Crippen LogP) is 2.44. The molecule has 1 unspecified atom stereocenters. The van der Waals surface area contributed by atoms with Crippen LogP contribution in [0.5, 0.6) is 0 Å². The Morgan fingerprint density at radius 1 is 1.40 bits per heavy atom. The maximum Gasteiger partial charge on any atom is 0.217 e. The molecule has 20 heavy (non-hydrogen) atoms. The Morgan fingerprint density at radius 2 is 2.20 bits per heavy atom. The number of carbonyl (C=O) groups is 1. The molecule has 4 heteroatoms. The number of nitrogens with zero attached hydrogens (tertiary/aromatic N) is 2. The van der Waals surface area contributed by atoms with E-state index in [1.165, 1.54) is 16.8 Å². The zero-order chi connectivity index (χ0) is 13.9. The number of nitrogens with one attached hydrogen (secondary N) is 1. The molecule has 104 valence electrons. The first kappa shape index (κ1) is 12.9. The third kappa shape index (κ3) is 2.59. The van der Waals surface area contributed by atoms with Crippen molar-refractivity contribution in [1.29, 1.82) is 0 Å². The second-order valence-electron chi connectivity index (χ2n) is 5.34. The molecule has 1 amide bonds. The molecular formula is C16H19N3O. The van der Waals surface area contributed by atoms with Crippen molar-refractivity contribution in [3.05, 3.63) is 53.3 Å². The van der Waals surface area contributed by atoms with E-state index in [0.29, 0.717) is 0 Å². The Kier molecular flexibility index (Phi) is 3.54. The summed E-state index contributed by atoms with van der Waals surface area (Å²) in [6, 6.07) is 10.5. The van der Waals surface area contributed by atoms with Crippen LogP contribution in [0.3, 0.4) is 0 Å². The van der Waals surface area contributed by atoms with Crippen molar-refractivity contribution in [3.63, 3.8) is 0 Å². The second-order valence-corrected chi connectivity index (χ2v) is 5.34. The SMILES string of the molecule is CC(=O)NC1CCCc2c1cnn2Cc1ccccc1. The highest BCUT2D eigenvalue weighted by atomic mass is 16.1. The second kappa shape index (κ2) is 5.49. The average molecular weight is 269 g/mol. The zero-order valence-electron chi connectivity index (χ0n) is 11.7. The van der Waals surface area contributed by atoms with Gasteiger partial charge in [-0.1, -0.05) is 30.3 Å². The third-order valence-corrected chi connectivity index (χ3v) is 3.82. The van der Waals surface area contributed by atoms with Crippen molar-refractivity contribution in [2.24, 2.45) is 0 Å². The van der Waals surface area contributed by atoms with Crippen molar-refractivity contribution in [1.82, 2.24) is 15.1 Å². The summed E-state index contributed by atoms with van der Waals surface area (Å²) in [5, 5.41) is 7.54. The molecule has 0 radical (unpaired) electrons. The average Bonchev–Trinajstić information content (AvgIpc) is 2.84. The summed E-state index contributed by atoms with van der Waals surface area (Å²) in [6.45, 7) is 2.37. The number of carbonyl (C=O) groups excluding carboxylic acids is 1. The fraction of sp³-hybridized carbons (Fsp3) is 0.375. The molecule has 0 fully saturated rings. The smallest absolute Gasteiger partial charge is 0.217 e. The molecule has 2 aromatic rings. The summed E-state index contributed by atoms with van der Waals surface area (Å²) in [4.78, 5) is 11.3. The lowest BCUT2D eigenvalue weighted by Crippen LogP contribution is -2.29. The summed E-state index contributed by atoms with van der Waals surface area (Å²) in [7, 11) is 0. The van der Waals surface area contributed by atoms with Crippen LogP contribution in [0.4, 0.5) is 0 Å². The van der Waals surface area contributed by atoms with Crippen LogP contribution in [0.1, 0.15) is 42.6 Å². The normalized spacial score (nSPS) is 17.6. The highest BCUT2D eigenvalue weighted by Gasteiger charge is 2.24. The van der Waals surface area contributed by atoms with Gasteiger partial charge in [0, 0.05) is 18.2 Å². The van der Waals surface area contributed by atoms with Gasteiger partial charge in [0.25, 0.3) is 0 Å². The molecule has 0 bridgehead atoms. The number of benzene rings is 1. The molecule has 1 aliphatic rings. The van der Waals surface area contributed by atoms with Gasteiger partial charge in [0.2, 0.25) is 5.91 Å². The van der Waals surface area contributed by atoms with E-state index in [-0.39, 0.29) is 11.9 Å². The van der Waals surface area contributed by atoms with Crippen LogP contribution in [0.25, 0.3) is 0 Å². The van der Waals surface area contributed by atoms with Gasteiger partial charge in [0.05, 0.1) is 18.8 Å². The first-order valence-electron chi connectivity index (χ1n) is 7.09. The summed E-state index contributed by atoms with van der Waals surface area (Å²) < 4.78 is 2.07. The highest BCUT2D eigenvalue weighted by Crippen LogP contribution is 2.29. The Labute approximate surface area is 118 Å². The van der Waals surface area contributed by atoms with Crippen LogP contribution in [-0.4, -0.2) is 15.7 Å². The van der Waals surface area contributed by atoms with E-state index in [4.69, 9.17) is 0 Å². The van der Waals surface area contributed by atoms with Gasteiger partial charge in [-0.05, 0) is 24.8 Å². The van der Waals surface area contributed by atoms with E-state index in [9.17, 15) is 4.79 Å². The first-order chi connectivity index (χ1) is 9.74. The van der Waals surface area contributed by atoms with Crippen molar-refractivity contribution >= 4 is 5.91 Å². The van der Waals surface area contributed by atoms with Crippen LogP contribution in [-0.2, 0) is 17.8 Å². The summed E-state index contributed by atoms with van der Waals surface area (Å²) in [5.74, 6) is 0.0265. The van der Waals surface area contributed by atoms with Gasteiger partial charge in [-0.3, -0.25) is 9.48 Å². The zero-order valence-corrected chi connectivity index (χ0v) is 11.7. The van der Waals surface area contributed by atoms with Crippen LogP contribution in [0.2, 0.25) is 0 Å². The lowest BCUT2D eigenvalue weighted by Gasteiger charge is -2.23. The van der Waals surface area contributed by atoms with Crippen molar-refractivity contribution in [2.45, 2.75) is 38.8 Å². The van der Waals surface area contributed by atoms with Gasteiger partial charge < -0.3 is 5.32 Å². The van der Waals surface area contributed by atoms with Gasteiger partial charge in [-0.2, -0.15) is 5.10 Å². The minimum absolute atomic E-state index is 0.0265. The fourth-order valence-electron chi connectivity index (χ4n) is 2.91. The predicted molar refractivity (Wildman–Crippen MR) is 77.3 cm³/mol. The molecule has 1 atom stereocenters. The van der Waals surface area contributed by atoms with Gasteiger partial charge in [0.15, 0.2) is 0 Å². The van der Waals surface area contributed by atoms with Crippen LogP contribution < -0.4 is 5.32 Å². The molecule has 1 heterocycles. The molecule has 0 saturated carbocycles. The van der Waals surface area contributed by atoms with Crippen LogP contribution in [0.15, 0.2) is 36.5 Å². The molecule has 0 aliphatic heterocycles. The van der Waals surface area contributed by atoms with E-state index in [1.54, 1.807) is 6.92 Å². The molecule has 1 N–H and O–H groups in total. The number of fused-ring (bicyclic) bond motifs is 1. The Bertz CT molecular complexity index is 603.